The third-order valence-corrected chi connectivity index (χ3v) is 3.10. The smallest absolute Gasteiger partial charge is 0.271 e. The number of nitrogens with one attached hydrogen (secondary N) is 1. The minimum atomic E-state index is -0.267. The number of phenolic OH excluding ortho intramolecular Hbond substituents is 1. The van der Waals surface area contributed by atoms with Crippen LogP contribution in [0.5, 0.6) is 5.75 Å². The Balaban J connectivity index is 2.16. The second-order valence-electron chi connectivity index (χ2n) is 5.03. The second kappa shape index (κ2) is 6.22. The average molecular weight is 282 g/mol. The lowest BCUT2D eigenvalue weighted by molar-refractivity contribution is 0.0954. The summed E-state index contributed by atoms with van der Waals surface area (Å²) in [5.41, 5.74) is 6.29. The maximum absolute atomic E-state index is 12.1. The highest BCUT2D eigenvalue weighted by Gasteiger charge is 2.07. The van der Waals surface area contributed by atoms with Gasteiger partial charge in [0.25, 0.3) is 5.91 Å². The van der Waals surface area contributed by atoms with Gasteiger partial charge in [-0.05, 0) is 45.0 Å². The highest BCUT2D eigenvalue weighted by molar-refractivity contribution is 6.02. The van der Waals surface area contributed by atoms with Crippen molar-refractivity contribution >= 4 is 11.6 Å². The van der Waals surface area contributed by atoms with Crippen molar-refractivity contribution in [3.05, 3.63) is 64.7 Å². The molecule has 4 nitrogen and oxygen atoms in total. The first-order chi connectivity index (χ1) is 9.97. The van der Waals surface area contributed by atoms with Gasteiger partial charge in [0.2, 0.25) is 0 Å². The van der Waals surface area contributed by atoms with E-state index in [1.165, 1.54) is 0 Å². The Kier molecular flexibility index (Phi) is 4.38. The van der Waals surface area contributed by atoms with Gasteiger partial charge in [-0.25, -0.2) is 5.43 Å². The van der Waals surface area contributed by atoms with E-state index in [1.54, 1.807) is 31.2 Å². The number of carbonyl (C=O) groups is 1. The minimum absolute atomic E-state index is 0.138. The first kappa shape index (κ1) is 14.8. The highest BCUT2D eigenvalue weighted by atomic mass is 16.3. The molecule has 21 heavy (non-hydrogen) atoms. The van der Waals surface area contributed by atoms with Gasteiger partial charge in [-0.3, -0.25) is 4.79 Å². The lowest BCUT2D eigenvalue weighted by Crippen LogP contribution is -2.19. The first-order valence-corrected chi connectivity index (χ1v) is 6.68. The molecule has 2 N–H and O–H groups in total. The molecule has 0 heterocycles. The fourth-order valence-electron chi connectivity index (χ4n) is 2.14. The minimum Gasteiger partial charge on any atom is -0.507 e. The third kappa shape index (κ3) is 3.69. The largest absolute Gasteiger partial charge is 0.507 e. The van der Waals surface area contributed by atoms with Gasteiger partial charge >= 0.3 is 0 Å². The van der Waals surface area contributed by atoms with Gasteiger partial charge < -0.3 is 5.11 Å². The molecule has 2 rings (SSSR count). The van der Waals surface area contributed by atoms with Crippen LogP contribution in [0.15, 0.2) is 47.6 Å². The maximum Gasteiger partial charge on any atom is 0.271 e. The fraction of sp³-hybridized carbons (Fsp3) is 0.176. The van der Waals surface area contributed by atoms with Crippen LogP contribution in [-0.4, -0.2) is 16.7 Å². The van der Waals surface area contributed by atoms with Crippen molar-refractivity contribution in [2.75, 3.05) is 0 Å². The molecule has 108 valence electrons. The summed E-state index contributed by atoms with van der Waals surface area (Å²) < 4.78 is 0. The van der Waals surface area contributed by atoms with E-state index >= 15 is 0 Å². The van der Waals surface area contributed by atoms with E-state index in [-0.39, 0.29) is 11.7 Å². The number of para-hydroxylation sites is 1. The molecule has 0 fully saturated rings. The zero-order valence-electron chi connectivity index (χ0n) is 12.3. The van der Waals surface area contributed by atoms with Crippen LogP contribution in [0.25, 0.3) is 0 Å². The number of carbonyl (C=O) groups excluding carboxylic acids is 1. The van der Waals surface area contributed by atoms with Crippen molar-refractivity contribution in [1.82, 2.24) is 5.43 Å². The number of rotatable bonds is 3. The Bertz CT molecular complexity index is 685. The number of amides is 1. The van der Waals surface area contributed by atoms with Gasteiger partial charge in [0.15, 0.2) is 0 Å². The third-order valence-electron chi connectivity index (χ3n) is 3.10. The molecule has 0 saturated carbocycles. The number of phenols is 1. The molecule has 1 amide bonds. The number of hydrazone groups is 1. The zero-order valence-corrected chi connectivity index (χ0v) is 12.3. The zero-order chi connectivity index (χ0) is 15.4. The van der Waals surface area contributed by atoms with Crippen LogP contribution in [0.4, 0.5) is 0 Å². The van der Waals surface area contributed by atoms with Crippen LogP contribution < -0.4 is 5.43 Å². The highest BCUT2D eigenvalue weighted by Crippen LogP contribution is 2.16. The van der Waals surface area contributed by atoms with Gasteiger partial charge in [-0.1, -0.05) is 29.3 Å². The molecule has 0 spiro atoms. The molecule has 2 aromatic rings. The summed E-state index contributed by atoms with van der Waals surface area (Å²) in [5, 5.41) is 13.8. The molecule has 2 aromatic carbocycles. The predicted octanol–water partition coefficient (Wildman–Crippen LogP) is 3.16. The second-order valence-corrected chi connectivity index (χ2v) is 5.03. The summed E-state index contributed by atoms with van der Waals surface area (Å²) in [5.74, 6) is -0.129. The molecule has 0 aliphatic heterocycles. The van der Waals surface area contributed by atoms with Crippen molar-refractivity contribution in [2.45, 2.75) is 20.8 Å². The van der Waals surface area contributed by atoms with Crippen molar-refractivity contribution in [1.29, 1.82) is 0 Å². The molecular formula is C17H18N2O2. The van der Waals surface area contributed by atoms with E-state index in [2.05, 4.69) is 10.5 Å². The van der Waals surface area contributed by atoms with Crippen LogP contribution in [-0.2, 0) is 0 Å². The Morgan fingerprint density at radius 1 is 1.10 bits per heavy atom. The number of aryl methyl sites for hydroxylation is 2. The number of hydrogen-bond acceptors (Lipinski definition) is 3. The van der Waals surface area contributed by atoms with Gasteiger partial charge in [0.05, 0.1) is 5.71 Å². The average Bonchev–Trinajstić information content (AvgIpc) is 2.43. The van der Waals surface area contributed by atoms with E-state index in [4.69, 9.17) is 0 Å². The number of aromatic hydroxyl groups is 1. The molecule has 0 aliphatic carbocycles. The van der Waals surface area contributed by atoms with Crippen LogP contribution in [0.2, 0.25) is 0 Å². The maximum atomic E-state index is 12.1. The van der Waals surface area contributed by atoms with Crippen LogP contribution in [0, 0.1) is 13.8 Å². The Labute approximate surface area is 124 Å². The van der Waals surface area contributed by atoms with Crippen molar-refractivity contribution in [3.63, 3.8) is 0 Å². The number of benzene rings is 2. The predicted molar refractivity (Wildman–Crippen MR) is 83.7 cm³/mol. The van der Waals surface area contributed by atoms with E-state index in [1.807, 2.05) is 32.0 Å². The van der Waals surface area contributed by atoms with Crippen LogP contribution in [0.3, 0.4) is 0 Å². The first-order valence-electron chi connectivity index (χ1n) is 6.68. The molecule has 0 saturated heterocycles. The van der Waals surface area contributed by atoms with Crippen molar-refractivity contribution in [2.24, 2.45) is 5.10 Å². The van der Waals surface area contributed by atoms with Gasteiger partial charge in [0.1, 0.15) is 5.75 Å². The summed E-state index contributed by atoms with van der Waals surface area (Å²) in [6, 6.07) is 12.5. The molecule has 0 unspecified atom stereocenters. The van der Waals surface area contributed by atoms with Gasteiger partial charge in [0, 0.05) is 11.1 Å². The fourth-order valence-corrected chi connectivity index (χ4v) is 2.14. The van der Waals surface area contributed by atoms with Gasteiger partial charge in [-0.15, -0.1) is 0 Å². The normalized spacial score (nSPS) is 11.3. The SMILES string of the molecule is C/C(=N/NC(=O)c1cc(C)cc(C)c1)c1ccccc1O. The van der Waals surface area contributed by atoms with Crippen molar-refractivity contribution < 1.29 is 9.90 Å². The number of nitrogens with zero attached hydrogens (tertiary/aromatic N) is 1. The lowest BCUT2D eigenvalue weighted by atomic mass is 10.1. The monoisotopic (exact) mass is 282 g/mol. The van der Waals surface area contributed by atoms with E-state index < -0.39 is 0 Å². The van der Waals surface area contributed by atoms with E-state index in [0.29, 0.717) is 16.8 Å². The molecule has 0 aliphatic rings. The quantitative estimate of drug-likeness (QED) is 0.671. The summed E-state index contributed by atoms with van der Waals surface area (Å²) in [4.78, 5) is 12.1. The summed E-state index contributed by atoms with van der Waals surface area (Å²) in [7, 11) is 0. The standard InChI is InChI=1S/C17H18N2O2/c1-11-8-12(2)10-14(9-11)17(21)19-18-13(3)15-6-4-5-7-16(15)20/h4-10,20H,1-3H3,(H,19,21)/b18-13-. The summed E-state index contributed by atoms with van der Waals surface area (Å²) >= 11 is 0. The Morgan fingerprint density at radius 2 is 1.71 bits per heavy atom. The molecule has 0 atom stereocenters. The van der Waals surface area contributed by atoms with Crippen molar-refractivity contribution in [3.8, 4) is 5.75 Å². The number of hydrogen-bond donors (Lipinski definition) is 2. The Hall–Kier alpha value is -2.62. The van der Waals surface area contributed by atoms with Gasteiger partial charge in [-0.2, -0.15) is 5.10 Å². The summed E-state index contributed by atoms with van der Waals surface area (Å²) in [6.07, 6.45) is 0. The van der Waals surface area contributed by atoms with Crippen LogP contribution >= 0.6 is 0 Å². The molecule has 4 heteroatoms. The molecular weight excluding hydrogens is 264 g/mol. The molecule has 0 bridgehead atoms. The molecule has 0 radical (unpaired) electrons. The topological polar surface area (TPSA) is 61.7 Å². The van der Waals surface area contributed by atoms with E-state index in [0.717, 1.165) is 11.1 Å². The lowest BCUT2D eigenvalue weighted by Gasteiger charge is -2.06. The summed E-state index contributed by atoms with van der Waals surface area (Å²) in [6.45, 7) is 5.62. The van der Waals surface area contributed by atoms with E-state index in [9.17, 15) is 9.90 Å². The molecule has 0 aromatic heterocycles. The van der Waals surface area contributed by atoms with Crippen LogP contribution in [0.1, 0.15) is 34.0 Å². The Morgan fingerprint density at radius 3 is 2.33 bits per heavy atom.